The predicted octanol–water partition coefficient (Wildman–Crippen LogP) is 2.67. The fourth-order valence-electron chi connectivity index (χ4n) is 0. The molecule has 0 rings (SSSR count). The minimum absolute atomic E-state index is 0. The van der Waals surface area contributed by atoms with Gasteiger partial charge in [-0.2, -0.15) is 20.8 Å². The van der Waals surface area contributed by atoms with Gasteiger partial charge >= 0.3 is 21.7 Å². The maximum atomic E-state index is 8.68. The third-order valence-corrected chi connectivity index (χ3v) is 1.77. The van der Waals surface area contributed by atoms with Crippen LogP contribution in [0, 0.1) is 0 Å². The molecule has 0 fully saturated rings. The first-order chi connectivity index (χ1) is 11.1. The molecule has 0 amide bonds. The number of carbonyl (C=O) groups excluding carboxylic acids is 3. The van der Waals surface area contributed by atoms with Crippen molar-refractivity contribution < 1.29 is 73.1 Å². The third kappa shape index (κ3) is 331. The van der Waals surface area contributed by atoms with Gasteiger partial charge in [-0.1, -0.05) is 20.8 Å². The molecule has 3 N–H and O–H groups in total. The van der Waals surface area contributed by atoms with E-state index >= 15 is 0 Å². The van der Waals surface area contributed by atoms with Crippen LogP contribution in [0.1, 0.15) is 81.6 Å². The second-order valence-corrected chi connectivity index (χ2v) is 4.38. The van der Waals surface area contributed by atoms with E-state index in [1.807, 2.05) is 20.8 Å². The van der Waals surface area contributed by atoms with Crippen molar-refractivity contribution in [3.63, 3.8) is 0 Å². The van der Waals surface area contributed by atoms with E-state index in [9.17, 15) is 0 Å². The van der Waals surface area contributed by atoms with E-state index in [4.69, 9.17) is 29.7 Å². The molecule has 6 nitrogen and oxygen atoms in total. The van der Waals surface area contributed by atoms with Gasteiger partial charge in [-0.25, -0.2) is 0 Å². The van der Waals surface area contributed by atoms with E-state index in [0.717, 1.165) is 19.3 Å². The van der Waals surface area contributed by atoms with Gasteiger partial charge in [-0.3, -0.25) is 18.9 Å². The van der Waals surface area contributed by atoms with Crippen molar-refractivity contribution in [3.8, 4) is 0 Å². The fraction of sp³-hybridized carbons (Fsp3) is 0.833. The van der Waals surface area contributed by atoms with Crippen molar-refractivity contribution in [2.45, 2.75) is 99.9 Å². The molecule has 0 aromatic rings. The van der Waals surface area contributed by atoms with Gasteiger partial charge in [0.2, 0.25) is 0 Å². The Labute approximate surface area is 191 Å². The first-order valence-corrected chi connectivity index (χ1v) is 7.97. The Morgan fingerprint density at radius 1 is 0.615 bits per heavy atom. The summed E-state index contributed by atoms with van der Waals surface area (Å²) in [4.78, 5) is 26.0. The molecular formula is C18H39O6Ti2. The van der Waals surface area contributed by atoms with Crippen molar-refractivity contribution in [1.29, 1.82) is 0 Å². The summed E-state index contributed by atoms with van der Waals surface area (Å²) < 4.78 is 0. The second-order valence-electron chi connectivity index (χ2n) is 4.38. The Morgan fingerprint density at radius 2 is 0.654 bits per heavy atom. The van der Waals surface area contributed by atoms with E-state index in [1.54, 1.807) is 20.8 Å². The Morgan fingerprint density at radius 3 is 0.654 bits per heavy atom. The van der Waals surface area contributed by atoms with Gasteiger partial charge in [0.15, 0.2) is 0 Å². The van der Waals surface area contributed by atoms with Gasteiger partial charge in [-0.15, -0.1) is 0 Å². The van der Waals surface area contributed by atoms with Crippen molar-refractivity contribution in [3.05, 3.63) is 0 Å². The summed E-state index contributed by atoms with van der Waals surface area (Å²) in [6.07, 6.45) is 6.74. The smallest absolute Gasteiger partial charge is 0.542 e. The Hall–Kier alpha value is 0.319. The Bertz CT molecular complexity index is 169. The van der Waals surface area contributed by atoms with Crippen LogP contribution < -0.4 is 0 Å². The molecule has 3 unspecified atom stereocenters. The monoisotopic (exact) mass is 447 g/mol. The van der Waals surface area contributed by atoms with E-state index in [1.165, 1.54) is 39.6 Å². The van der Waals surface area contributed by atoms with E-state index in [0.29, 0.717) is 0 Å². The predicted molar refractivity (Wildman–Crippen MR) is 100 cm³/mol. The Balaban J connectivity index is -0.0000000250. The molecule has 26 heavy (non-hydrogen) atoms. The summed E-state index contributed by atoms with van der Waals surface area (Å²) in [5.74, 6) is 0. The minimum Gasteiger partial charge on any atom is -0.542 e. The van der Waals surface area contributed by atoms with Gasteiger partial charge in [0, 0.05) is 21.7 Å². The molecule has 0 aliphatic heterocycles. The quantitative estimate of drug-likeness (QED) is 0.453. The molecule has 3 atom stereocenters. The molecule has 0 saturated carbocycles. The van der Waals surface area contributed by atoms with E-state index in [-0.39, 0.29) is 61.7 Å². The van der Waals surface area contributed by atoms with E-state index < -0.39 is 0 Å². The first-order valence-electron chi connectivity index (χ1n) is 7.97. The second kappa shape index (κ2) is 63.8. The van der Waals surface area contributed by atoms with Crippen LogP contribution in [0.4, 0.5) is 0 Å². The van der Waals surface area contributed by atoms with Crippen molar-refractivity contribution in [2.24, 2.45) is 0 Å². The van der Waals surface area contributed by atoms with Crippen LogP contribution in [0.15, 0.2) is 0 Å². The number of hydrogen-bond acceptors (Lipinski definition) is 6. The van der Waals surface area contributed by atoms with Crippen LogP contribution in [0.3, 0.4) is 0 Å². The molecular weight excluding hydrogens is 408 g/mol. The normalized spacial score (nSPS) is 10.2. The van der Waals surface area contributed by atoms with Crippen LogP contribution in [0.2, 0.25) is 0 Å². The maximum absolute atomic E-state index is 8.68. The number of rotatable bonds is 3. The SMILES string of the molecule is CCC(C)O.CCC(C)O.CCC(C)O.C[C-]=O.C[C-]=O.C[C-]=O.[Ti+3].[Ti]. The molecule has 1 radical (unpaired) electrons. The van der Waals surface area contributed by atoms with Gasteiger partial charge < -0.3 is 29.7 Å². The molecule has 0 aromatic carbocycles. The minimum atomic E-state index is -0.116. The van der Waals surface area contributed by atoms with Gasteiger partial charge in [0.05, 0.1) is 18.3 Å². The first kappa shape index (κ1) is 50.3. The zero-order chi connectivity index (χ0) is 21.0. The zero-order valence-electron chi connectivity index (χ0n) is 17.9. The van der Waals surface area contributed by atoms with Gasteiger partial charge in [-0.05, 0) is 40.0 Å². The number of hydrogen-bond donors (Lipinski definition) is 3. The summed E-state index contributed by atoms with van der Waals surface area (Å²) in [5, 5.41) is 25.1. The van der Waals surface area contributed by atoms with Crippen LogP contribution in [0.25, 0.3) is 0 Å². The topological polar surface area (TPSA) is 112 Å². The molecule has 0 heterocycles. The molecule has 155 valence electrons. The molecule has 0 spiro atoms. The van der Waals surface area contributed by atoms with Crippen LogP contribution in [-0.4, -0.2) is 52.5 Å². The molecule has 8 heteroatoms. The van der Waals surface area contributed by atoms with Crippen LogP contribution in [0.5, 0.6) is 0 Å². The van der Waals surface area contributed by atoms with Crippen LogP contribution in [-0.2, 0) is 57.8 Å². The summed E-state index contributed by atoms with van der Waals surface area (Å²) in [5.41, 5.74) is 0. The molecule has 0 aliphatic rings. The zero-order valence-corrected chi connectivity index (χ0v) is 21.0. The third-order valence-electron chi connectivity index (χ3n) is 1.77. The largest absolute Gasteiger partial charge is 3.00 e. The van der Waals surface area contributed by atoms with Crippen molar-refractivity contribution in [2.75, 3.05) is 0 Å². The Kier molecular flexibility index (Phi) is 123. The van der Waals surface area contributed by atoms with Gasteiger partial charge in [0.1, 0.15) is 0 Å². The molecule has 0 aromatic heterocycles. The maximum Gasteiger partial charge on any atom is 3.00 e. The van der Waals surface area contributed by atoms with Crippen LogP contribution >= 0.6 is 0 Å². The summed E-state index contributed by atoms with van der Waals surface area (Å²) in [6.45, 7) is 15.1. The average Bonchev–Trinajstić information content (AvgIpc) is 2.50. The summed E-state index contributed by atoms with van der Waals surface area (Å²) >= 11 is 0. The standard InChI is InChI=1S/3C4H10O.3C2H3O.2Ti/c3*1-3-4(2)5;3*1-2-3;;/h3*4-5H,3H2,1-2H3;3*1H3;;/q;;;3*-1;;+3. The molecule has 0 bridgehead atoms. The summed E-state index contributed by atoms with van der Waals surface area (Å²) in [6, 6.07) is 0. The number of aliphatic hydroxyl groups excluding tert-OH is 3. The number of aliphatic hydroxyl groups is 3. The van der Waals surface area contributed by atoms with Crippen molar-refractivity contribution in [1.82, 2.24) is 0 Å². The molecule has 0 aliphatic carbocycles. The van der Waals surface area contributed by atoms with Gasteiger partial charge in [0.25, 0.3) is 0 Å². The average molecular weight is 447 g/mol. The van der Waals surface area contributed by atoms with E-state index in [2.05, 4.69) is 0 Å². The molecule has 0 saturated heterocycles. The van der Waals surface area contributed by atoms with Crippen molar-refractivity contribution >= 4 is 18.9 Å². The summed E-state index contributed by atoms with van der Waals surface area (Å²) in [7, 11) is 0. The fourth-order valence-corrected chi connectivity index (χ4v) is 0.